The fourth-order valence-corrected chi connectivity index (χ4v) is 4.18. The minimum absolute atomic E-state index is 0.559. The van der Waals surface area contributed by atoms with E-state index in [1.54, 1.807) is 18.3 Å². The molecule has 30 heavy (non-hydrogen) atoms. The van der Waals surface area contributed by atoms with Crippen LogP contribution in [0.25, 0.3) is 6.08 Å². The molecule has 1 fully saturated rings. The highest BCUT2D eigenvalue weighted by molar-refractivity contribution is 6.36. The van der Waals surface area contributed by atoms with E-state index in [9.17, 15) is 0 Å². The van der Waals surface area contributed by atoms with Gasteiger partial charge in [0.25, 0.3) is 0 Å². The molecule has 0 N–H and O–H groups in total. The molecule has 2 aromatic carbocycles. The Morgan fingerprint density at radius 3 is 2.43 bits per heavy atom. The van der Waals surface area contributed by atoms with E-state index in [4.69, 9.17) is 27.9 Å². The average molecular weight is 440 g/mol. The van der Waals surface area contributed by atoms with E-state index >= 15 is 0 Å². The number of ether oxygens (including phenoxy) is 1. The summed E-state index contributed by atoms with van der Waals surface area (Å²) in [6, 6.07) is 15.8. The van der Waals surface area contributed by atoms with Crippen molar-refractivity contribution in [1.82, 2.24) is 4.90 Å². The normalized spacial score (nSPS) is 19.0. The van der Waals surface area contributed by atoms with Crippen molar-refractivity contribution in [3.8, 4) is 0 Å². The highest BCUT2D eigenvalue weighted by atomic mass is 35.5. The second-order valence-electron chi connectivity index (χ2n) is 7.21. The van der Waals surface area contributed by atoms with Crippen LogP contribution in [-0.2, 0) is 4.74 Å². The molecule has 0 unspecified atom stereocenters. The molecular weight excluding hydrogens is 417 g/mol. The van der Waals surface area contributed by atoms with Gasteiger partial charge in [-0.15, -0.1) is 0 Å². The molecule has 1 saturated heterocycles. The molecule has 0 spiro atoms. The molecule has 2 aromatic rings. The fraction of sp³-hybridized carbons (Fsp3) is 0.250. The number of hydrogen-bond donors (Lipinski definition) is 0. The van der Waals surface area contributed by atoms with E-state index in [1.165, 1.54) is 22.4 Å². The summed E-state index contributed by atoms with van der Waals surface area (Å²) in [5, 5.41) is 9.67. The van der Waals surface area contributed by atoms with E-state index in [2.05, 4.69) is 45.4 Å². The van der Waals surface area contributed by atoms with Gasteiger partial charge in [-0.1, -0.05) is 59.6 Å². The van der Waals surface area contributed by atoms with Gasteiger partial charge in [0.15, 0.2) is 0 Å². The van der Waals surface area contributed by atoms with Crippen molar-refractivity contribution in [2.45, 2.75) is 12.8 Å². The molecule has 0 aromatic heterocycles. The number of rotatable bonds is 5. The summed E-state index contributed by atoms with van der Waals surface area (Å²) in [7, 11) is 0. The Morgan fingerprint density at radius 2 is 1.67 bits per heavy atom. The zero-order chi connectivity index (χ0) is 20.8. The van der Waals surface area contributed by atoms with Crippen LogP contribution in [0.2, 0.25) is 10.0 Å². The molecule has 1 aliphatic carbocycles. The van der Waals surface area contributed by atoms with Crippen LogP contribution >= 0.6 is 23.2 Å². The van der Waals surface area contributed by atoms with Crippen LogP contribution in [0.5, 0.6) is 0 Å². The third-order valence-electron chi connectivity index (χ3n) is 5.18. The van der Waals surface area contributed by atoms with Crippen molar-refractivity contribution < 1.29 is 4.74 Å². The Bertz CT molecular complexity index is 1010. The molecule has 0 atom stereocenters. The molecule has 4 nitrogen and oxygen atoms in total. The molecule has 1 heterocycles. The van der Waals surface area contributed by atoms with Crippen LogP contribution in [0.1, 0.15) is 24.0 Å². The van der Waals surface area contributed by atoms with Gasteiger partial charge in [0.05, 0.1) is 30.7 Å². The Morgan fingerprint density at radius 1 is 0.900 bits per heavy atom. The summed E-state index contributed by atoms with van der Waals surface area (Å²) < 4.78 is 5.55. The SMILES string of the molecule is Clc1ccc(/C=N\N=C/C2=C(N3CCOCC3)C(=C\c3ccccc3)/CC2)c(Cl)c1. The predicted octanol–water partition coefficient (Wildman–Crippen LogP) is 5.86. The lowest BCUT2D eigenvalue weighted by Gasteiger charge is -2.31. The molecule has 0 bridgehead atoms. The van der Waals surface area contributed by atoms with Crippen LogP contribution in [0, 0.1) is 0 Å². The van der Waals surface area contributed by atoms with Gasteiger partial charge in [-0.25, -0.2) is 0 Å². The van der Waals surface area contributed by atoms with Gasteiger partial charge in [-0.05, 0) is 47.8 Å². The Hall–Kier alpha value is -2.40. The molecule has 6 heteroatoms. The lowest BCUT2D eigenvalue weighted by molar-refractivity contribution is 0.0548. The number of hydrogen-bond acceptors (Lipinski definition) is 4. The maximum atomic E-state index is 6.19. The maximum Gasteiger partial charge on any atom is 0.0642 e. The molecule has 0 amide bonds. The molecule has 154 valence electrons. The van der Waals surface area contributed by atoms with Gasteiger partial charge in [-0.2, -0.15) is 10.2 Å². The van der Waals surface area contributed by atoms with Gasteiger partial charge in [0.2, 0.25) is 0 Å². The van der Waals surface area contributed by atoms with Gasteiger partial charge in [0, 0.05) is 29.4 Å². The first kappa shape index (κ1) is 20.9. The highest BCUT2D eigenvalue weighted by Crippen LogP contribution is 2.35. The lowest BCUT2D eigenvalue weighted by atomic mass is 10.1. The zero-order valence-corrected chi connectivity index (χ0v) is 18.1. The monoisotopic (exact) mass is 439 g/mol. The van der Waals surface area contributed by atoms with Crippen LogP contribution in [0.4, 0.5) is 0 Å². The molecule has 4 rings (SSSR count). The van der Waals surface area contributed by atoms with Crippen LogP contribution < -0.4 is 0 Å². The van der Waals surface area contributed by atoms with Crippen molar-refractivity contribution in [2.24, 2.45) is 10.2 Å². The second kappa shape index (κ2) is 10.1. The van der Waals surface area contributed by atoms with E-state index in [0.717, 1.165) is 44.7 Å². The Kier molecular flexibility index (Phi) is 7.00. The highest BCUT2D eigenvalue weighted by Gasteiger charge is 2.25. The number of nitrogens with zero attached hydrogens (tertiary/aromatic N) is 3. The van der Waals surface area contributed by atoms with Crippen LogP contribution in [-0.4, -0.2) is 43.6 Å². The van der Waals surface area contributed by atoms with E-state index < -0.39 is 0 Å². The van der Waals surface area contributed by atoms with Crippen molar-refractivity contribution in [1.29, 1.82) is 0 Å². The third kappa shape index (κ3) is 5.20. The van der Waals surface area contributed by atoms with E-state index in [0.29, 0.717) is 10.0 Å². The molecular formula is C24H23Cl2N3O. The van der Waals surface area contributed by atoms with Gasteiger partial charge in [0.1, 0.15) is 0 Å². The second-order valence-corrected chi connectivity index (χ2v) is 8.05. The first-order valence-electron chi connectivity index (χ1n) is 10.0. The summed E-state index contributed by atoms with van der Waals surface area (Å²) in [6.45, 7) is 3.28. The summed E-state index contributed by atoms with van der Waals surface area (Å²) in [6.07, 6.45) is 7.75. The third-order valence-corrected chi connectivity index (χ3v) is 5.74. The summed E-state index contributed by atoms with van der Waals surface area (Å²) in [5.74, 6) is 0. The smallest absolute Gasteiger partial charge is 0.0642 e. The minimum atomic E-state index is 0.559. The molecule has 0 radical (unpaired) electrons. The molecule has 1 aliphatic heterocycles. The lowest BCUT2D eigenvalue weighted by Crippen LogP contribution is -2.36. The summed E-state index contributed by atoms with van der Waals surface area (Å²) >= 11 is 12.1. The summed E-state index contributed by atoms with van der Waals surface area (Å²) in [4.78, 5) is 2.41. The number of morpholine rings is 1. The fourth-order valence-electron chi connectivity index (χ4n) is 3.73. The van der Waals surface area contributed by atoms with Gasteiger partial charge < -0.3 is 9.64 Å². The number of allylic oxidation sites excluding steroid dienone is 2. The molecule has 0 saturated carbocycles. The minimum Gasteiger partial charge on any atom is -0.378 e. The largest absolute Gasteiger partial charge is 0.378 e. The van der Waals surface area contributed by atoms with Crippen LogP contribution in [0.3, 0.4) is 0 Å². The van der Waals surface area contributed by atoms with E-state index in [1.807, 2.05) is 18.3 Å². The Labute approximate surface area is 187 Å². The van der Waals surface area contributed by atoms with E-state index in [-0.39, 0.29) is 0 Å². The van der Waals surface area contributed by atoms with Gasteiger partial charge in [-0.3, -0.25) is 0 Å². The molecule has 2 aliphatic rings. The number of benzene rings is 2. The first-order chi connectivity index (χ1) is 14.7. The average Bonchev–Trinajstić information content (AvgIpc) is 3.16. The topological polar surface area (TPSA) is 37.2 Å². The summed E-state index contributed by atoms with van der Waals surface area (Å²) in [5.41, 5.74) is 5.82. The number of halogens is 2. The maximum absolute atomic E-state index is 6.19. The van der Waals surface area contributed by atoms with Crippen molar-refractivity contribution in [3.63, 3.8) is 0 Å². The Balaban J connectivity index is 1.59. The van der Waals surface area contributed by atoms with Crippen molar-refractivity contribution >= 4 is 41.7 Å². The quantitative estimate of drug-likeness (QED) is 0.431. The van der Waals surface area contributed by atoms with Crippen molar-refractivity contribution in [2.75, 3.05) is 26.3 Å². The first-order valence-corrected chi connectivity index (χ1v) is 10.8. The standard InChI is InChI=1S/C24H23Cl2N3O/c25-22-9-8-20(23(26)15-22)16-27-28-17-21-7-6-19(14-18-4-2-1-3-5-18)24(21)29-10-12-30-13-11-29/h1-5,8-9,14-17H,6-7,10-13H2/b19-14-,27-16-,28-17-. The predicted molar refractivity (Wildman–Crippen MR) is 126 cm³/mol. The van der Waals surface area contributed by atoms with Crippen molar-refractivity contribution in [3.05, 3.63) is 86.5 Å². The van der Waals surface area contributed by atoms with Gasteiger partial charge >= 0.3 is 0 Å². The zero-order valence-electron chi connectivity index (χ0n) is 16.6. The van der Waals surface area contributed by atoms with Crippen LogP contribution in [0.15, 0.2) is 75.6 Å².